The average Bonchev–Trinajstić information content (AvgIpc) is 2.38. The highest BCUT2D eigenvalue weighted by molar-refractivity contribution is 8.00. The van der Waals surface area contributed by atoms with Gasteiger partial charge in [-0.2, -0.15) is 11.8 Å². The number of aromatic hydroxyl groups is 1. The van der Waals surface area contributed by atoms with Crippen LogP contribution in [0.3, 0.4) is 0 Å². The summed E-state index contributed by atoms with van der Waals surface area (Å²) in [6, 6.07) is 3.11. The molecule has 0 aromatic carbocycles. The number of thioether (sulfide) groups is 1. The van der Waals surface area contributed by atoms with Crippen LogP contribution in [0.2, 0.25) is 0 Å². The minimum Gasteiger partial charge on any atom is -0.505 e. The van der Waals surface area contributed by atoms with Gasteiger partial charge >= 0.3 is 0 Å². The van der Waals surface area contributed by atoms with Crippen molar-refractivity contribution in [3.8, 4) is 5.75 Å². The Labute approximate surface area is 105 Å². The third-order valence-electron chi connectivity index (χ3n) is 2.87. The van der Waals surface area contributed by atoms with E-state index in [4.69, 9.17) is 0 Å². The highest BCUT2D eigenvalue weighted by atomic mass is 32.2. The molecular weight excluding hydrogens is 236 g/mol. The Morgan fingerprint density at radius 1 is 1.71 bits per heavy atom. The van der Waals surface area contributed by atoms with E-state index in [9.17, 15) is 9.90 Å². The van der Waals surface area contributed by atoms with Crippen LogP contribution in [-0.4, -0.2) is 45.0 Å². The zero-order valence-corrected chi connectivity index (χ0v) is 10.6. The summed E-state index contributed by atoms with van der Waals surface area (Å²) in [5.41, 5.74) is 0.161. The molecule has 17 heavy (non-hydrogen) atoms. The zero-order valence-electron chi connectivity index (χ0n) is 9.80. The van der Waals surface area contributed by atoms with Gasteiger partial charge in [0.1, 0.15) is 5.75 Å². The van der Waals surface area contributed by atoms with Crippen molar-refractivity contribution < 1.29 is 9.90 Å². The Balaban J connectivity index is 2.12. The van der Waals surface area contributed by atoms with Crippen molar-refractivity contribution in [2.75, 3.05) is 18.8 Å². The van der Waals surface area contributed by atoms with E-state index in [1.54, 1.807) is 11.0 Å². The fourth-order valence-corrected chi connectivity index (χ4v) is 3.04. The van der Waals surface area contributed by atoms with Crippen LogP contribution in [0.25, 0.3) is 0 Å². The van der Waals surface area contributed by atoms with Crippen molar-refractivity contribution in [2.45, 2.75) is 18.6 Å². The zero-order chi connectivity index (χ0) is 12.3. The molecule has 0 saturated carbocycles. The summed E-state index contributed by atoms with van der Waals surface area (Å²) in [6.45, 7) is 3.61. The topological polar surface area (TPSA) is 53.4 Å². The molecule has 1 aromatic heterocycles. The summed E-state index contributed by atoms with van der Waals surface area (Å²) in [5, 5.41) is 10.1. The molecule has 1 N–H and O–H groups in total. The molecule has 0 bridgehead atoms. The van der Waals surface area contributed by atoms with Crippen LogP contribution < -0.4 is 0 Å². The number of amides is 1. The third-order valence-corrected chi connectivity index (χ3v) is 4.24. The van der Waals surface area contributed by atoms with E-state index in [2.05, 4.69) is 11.9 Å². The third kappa shape index (κ3) is 2.72. The number of hydrogen-bond acceptors (Lipinski definition) is 4. The lowest BCUT2D eigenvalue weighted by Crippen LogP contribution is -2.42. The number of carbonyl (C=O) groups is 1. The predicted octanol–water partition coefficient (Wildman–Crippen LogP) is 1.75. The lowest BCUT2D eigenvalue weighted by atomic mass is 10.2. The van der Waals surface area contributed by atoms with E-state index >= 15 is 0 Å². The van der Waals surface area contributed by atoms with E-state index in [1.807, 2.05) is 11.8 Å². The Morgan fingerprint density at radius 3 is 3.24 bits per heavy atom. The molecule has 0 aliphatic carbocycles. The monoisotopic (exact) mass is 252 g/mol. The normalized spacial score (nSPS) is 20.3. The lowest BCUT2D eigenvalue weighted by Gasteiger charge is -2.31. The van der Waals surface area contributed by atoms with Crippen LogP contribution in [0.15, 0.2) is 18.3 Å². The molecule has 2 rings (SSSR count). The highest BCUT2D eigenvalue weighted by Crippen LogP contribution is 2.23. The Bertz CT molecular complexity index is 411. The molecular formula is C12H16N2O2S. The summed E-state index contributed by atoms with van der Waals surface area (Å²) in [4.78, 5) is 17.9. The SMILES string of the molecule is CCC1CN(C(=O)c2ncccc2O)CCS1. The number of aromatic nitrogens is 1. The first-order valence-corrected chi connectivity index (χ1v) is 6.82. The van der Waals surface area contributed by atoms with Gasteiger partial charge in [-0.3, -0.25) is 4.79 Å². The molecule has 2 heterocycles. The maximum absolute atomic E-state index is 12.2. The van der Waals surface area contributed by atoms with Crippen LogP contribution in [0.5, 0.6) is 5.75 Å². The van der Waals surface area contributed by atoms with Gasteiger partial charge in [0, 0.05) is 30.3 Å². The van der Waals surface area contributed by atoms with Gasteiger partial charge < -0.3 is 10.0 Å². The maximum atomic E-state index is 12.2. The predicted molar refractivity (Wildman–Crippen MR) is 68.3 cm³/mol. The van der Waals surface area contributed by atoms with E-state index < -0.39 is 0 Å². The van der Waals surface area contributed by atoms with Gasteiger partial charge in [0.15, 0.2) is 5.69 Å². The fraction of sp³-hybridized carbons (Fsp3) is 0.500. The van der Waals surface area contributed by atoms with E-state index in [0.717, 1.165) is 25.3 Å². The summed E-state index contributed by atoms with van der Waals surface area (Å²) >= 11 is 1.91. The van der Waals surface area contributed by atoms with Crippen LogP contribution >= 0.6 is 11.8 Å². The summed E-state index contributed by atoms with van der Waals surface area (Å²) < 4.78 is 0. The molecule has 1 aliphatic heterocycles. The average molecular weight is 252 g/mol. The molecule has 0 radical (unpaired) electrons. The second-order valence-electron chi connectivity index (χ2n) is 4.02. The van der Waals surface area contributed by atoms with Gasteiger partial charge in [0.2, 0.25) is 0 Å². The lowest BCUT2D eigenvalue weighted by molar-refractivity contribution is 0.0751. The summed E-state index contributed by atoms with van der Waals surface area (Å²) in [7, 11) is 0. The van der Waals surface area contributed by atoms with E-state index in [0.29, 0.717) is 5.25 Å². The minimum absolute atomic E-state index is 0.0382. The van der Waals surface area contributed by atoms with Gasteiger partial charge in [-0.25, -0.2) is 4.98 Å². The van der Waals surface area contributed by atoms with Crippen LogP contribution in [-0.2, 0) is 0 Å². The first kappa shape index (κ1) is 12.2. The number of pyridine rings is 1. The number of carbonyl (C=O) groups excluding carboxylic acids is 1. The van der Waals surface area contributed by atoms with Crippen molar-refractivity contribution in [1.29, 1.82) is 0 Å². The van der Waals surface area contributed by atoms with Crippen LogP contribution in [0, 0.1) is 0 Å². The summed E-state index contributed by atoms with van der Waals surface area (Å²) in [6.07, 6.45) is 2.59. The summed E-state index contributed by atoms with van der Waals surface area (Å²) in [5.74, 6) is 0.753. The van der Waals surface area contributed by atoms with Gasteiger partial charge in [-0.05, 0) is 18.6 Å². The number of hydrogen-bond donors (Lipinski definition) is 1. The van der Waals surface area contributed by atoms with Crippen molar-refractivity contribution in [3.63, 3.8) is 0 Å². The maximum Gasteiger partial charge on any atom is 0.276 e. The standard InChI is InChI=1S/C12H16N2O2S/c1-2-9-8-14(6-7-17-9)12(16)11-10(15)4-3-5-13-11/h3-5,9,15H,2,6-8H2,1H3. The van der Waals surface area contributed by atoms with E-state index in [1.165, 1.54) is 12.3 Å². The first-order chi connectivity index (χ1) is 8.22. The fourth-order valence-electron chi connectivity index (χ4n) is 1.86. The van der Waals surface area contributed by atoms with Crippen molar-refractivity contribution in [1.82, 2.24) is 9.88 Å². The van der Waals surface area contributed by atoms with Gasteiger partial charge in [-0.1, -0.05) is 6.92 Å². The second-order valence-corrected chi connectivity index (χ2v) is 5.43. The smallest absolute Gasteiger partial charge is 0.276 e. The molecule has 0 spiro atoms. The van der Waals surface area contributed by atoms with Crippen molar-refractivity contribution in [3.05, 3.63) is 24.0 Å². The Kier molecular flexibility index (Phi) is 3.89. The molecule has 1 aliphatic rings. The quantitative estimate of drug-likeness (QED) is 0.871. The van der Waals surface area contributed by atoms with E-state index in [-0.39, 0.29) is 17.4 Å². The molecule has 1 atom stereocenters. The molecule has 1 aromatic rings. The number of rotatable bonds is 2. The van der Waals surface area contributed by atoms with Gasteiger partial charge in [0.25, 0.3) is 5.91 Å². The molecule has 1 fully saturated rings. The molecule has 92 valence electrons. The van der Waals surface area contributed by atoms with Crippen molar-refractivity contribution >= 4 is 17.7 Å². The molecule has 1 unspecified atom stereocenters. The second kappa shape index (κ2) is 5.40. The van der Waals surface area contributed by atoms with Crippen molar-refractivity contribution in [2.24, 2.45) is 0 Å². The van der Waals surface area contributed by atoms with Gasteiger partial charge in [-0.15, -0.1) is 0 Å². The molecule has 4 nitrogen and oxygen atoms in total. The van der Waals surface area contributed by atoms with Crippen LogP contribution in [0.1, 0.15) is 23.8 Å². The molecule has 1 saturated heterocycles. The molecule has 1 amide bonds. The largest absolute Gasteiger partial charge is 0.505 e. The highest BCUT2D eigenvalue weighted by Gasteiger charge is 2.26. The minimum atomic E-state index is -0.165. The number of nitrogens with zero attached hydrogens (tertiary/aromatic N) is 2. The molecule has 5 heteroatoms. The Morgan fingerprint density at radius 2 is 2.53 bits per heavy atom. The van der Waals surface area contributed by atoms with Crippen LogP contribution in [0.4, 0.5) is 0 Å². The van der Waals surface area contributed by atoms with Gasteiger partial charge in [0.05, 0.1) is 0 Å². The Hall–Kier alpha value is -1.23. The first-order valence-electron chi connectivity index (χ1n) is 5.77.